The molecule has 0 aliphatic heterocycles. The van der Waals surface area contributed by atoms with Crippen LogP contribution in [-0.2, 0) is 0 Å². The number of hydrogen-bond donors (Lipinski definition) is 1. The number of rotatable bonds is 3. The molecule has 0 unspecified atom stereocenters. The first-order valence-electron chi connectivity index (χ1n) is 5.00. The van der Waals surface area contributed by atoms with Gasteiger partial charge < -0.3 is 5.11 Å². The van der Waals surface area contributed by atoms with Gasteiger partial charge in [0, 0.05) is 6.07 Å². The van der Waals surface area contributed by atoms with Gasteiger partial charge in [-0.05, 0) is 6.92 Å². The predicted octanol–water partition coefficient (Wildman–Crippen LogP) is 1.84. The minimum atomic E-state index is -1.34. The summed E-state index contributed by atoms with van der Waals surface area (Å²) in [6, 6.07) is 0.926. The van der Waals surface area contributed by atoms with Crippen LogP contribution in [0.2, 0.25) is 5.02 Å². The summed E-state index contributed by atoms with van der Waals surface area (Å²) in [5, 5.41) is 24.0. The van der Waals surface area contributed by atoms with Crippen LogP contribution in [0.5, 0.6) is 0 Å². The van der Waals surface area contributed by atoms with Crippen molar-refractivity contribution < 1.29 is 14.8 Å². The van der Waals surface area contributed by atoms with Crippen molar-refractivity contribution in [3.8, 4) is 5.82 Å². The summed E-state index contributed by atoms with van der Waals surface area (Å²) in [5.41, 5.74) is -0.234. The van der Waals surface area contributed by atoms with Gasteiger partial charge in [-0.1, -0.05) is 11.6 Å². The predicted molar refractivity (Wildman–Crippen MR) is 64.7 cm³/mol. The van der Waals surface area contributed by atoms with Crippen molar-refractivity contribution in [1.82, 2.24) is 14.8 Å². The maximum absolute atomic E-state index is 11.1. The second-order valence-electron chi connectivity index (χ2n) is 3.63. The number of carboxylic acids is 1. The minimum Gasteiger partial charge on any atom is -0.478 e. The van der Waals surface area contributed by atoms with Gasteiger partial charge >= 0.3 is 5.97 Å². The van der Waals surface area contributed by atoms with Gasteiger partial charge in [0.05, 0.1) is 21.8 Å². The maximum atomic E-state index is 11.1. The monoisotopic (exact) mass is 282 g/mol. The smallest absolute Gasteiger partial charge is 0.339 e. The normalized spacial score (nSPS) is 10.4. The van der Waals surface area contributed by atoms with Crippen LogP contribution in [0.3, 0.4) is 0 Å². The lowest BCUT2D eigenvalue weighted by molar-refractivity contribution is -0.385. The van der Waals surface area contributed by atoms with Gasteiger partial charge in [0.15, 0.2) is 5.82 Å². The largest absolute Gasteiger partial charge is 0.478 e. The Morgan fingerprint density at radius 2 is 2.26 bits per heavy atom. The number of nitro groups is 1. The Balaban J connectivity index is 2.63. The van der Waals surface area contributed by atoms with Gasteiger partial charge in [0.1, 0.15) is 11.8 Å². The zero-order chi connectivity index (χ0) is 14.2. The molecule has 2 aromatic heterocycles. The lowest BCUT2D eigenvalue weighted by Gasteiger charge is -2.04. The van der Waals surface area contributed by atoms with Crippen LogP contribution in [0.1, 0.15) is 16.1 Å². The number of halogens is 1. The Bertz CT molecular complexity index is 663. The molecule has 0 atom stereocenters. The van der Waals surface area contributed by atoms with Gasteiger partial charge in [-0.2, -0.15) is 5.10 Å². The summed E-state index contributed by atoms with van der Waals surface area (Å²) in [6.07, 6.45) is 2.35. The highest BCUT2D eigenvalue weighted by molar-refractivity contribution is 6.31. The van der Waals surface area contributed by atoms with Crippen molar-refractivity contribution in [2.75, 3.05) is 0 Å². The lowest BCUT2D eigenvalue weighted by atomic mass is 10.2. The van der Waals surface area contributed by atoms with E-state index >= 15 is 0 Å². The first-order chi connectivity index (χ1) is 8.90. The highest BCUT2D eigenvalue weighted by atomic mass is 35.5. The molecule has 8 nitrogen and oxygen atoms in total. The van der Waals surface area contributed by atoms with E-state index in [2.05, 4.69) is 10.1 Å². The molecule has 0 aliphatic rings. The van der Waals surface area contributed by atoms with E-state index in [9.17, 15) is 14.9 Å². The third kappa shape index (κ3) is 2.38. The van der Waals surface area contributed by atoms with E-state index in [-0.39, 0.29) is 11.4 Å². The molecule has 0 aromatic carbocycles. The molecular weight excluding hydrogens is 276 g/mol. The molecule has 0 radical (unpaired) electrons. The van der Waals surface area contributed by atoms with Gasteiger partial charge in [-0.3, -0.25) is 10.1 Å². The molecule has 1 N–H and O–H groups in total. The van der Waals surface area contributed by atoms with Crippen LogP contribution in [0.4, 0.5) is 5.69 Å². The number of carbonyl (C=O) groups is 1. The third-order valence-electron chi connectivity index (χ3n) is 2.35. The Morgan fingerprint density at radius 1 is 1.58 bits per heavy atom. The van der Waals surface area contributed by atoms with Gasteiger partial charge in [-0.25, -0.2) is 14.5 Å². The lowest BCUT2D eigenvalue weighted by Crippen LogP contribution is -2.09. The summed E-state index contributed by atoms with van der Waals surface area (Å²) < 4.78 is 1.17. The Hall–Kier alpha value is -2.48. The van der Waals surface area contributed by atoms with Crippen molar-refractivity contribution in [1.29, 1.82) is 0 Å². The molecular formula is C10H7ClN4O4. The van der Waals surface area contributed by atoms with Crippen LogP contribution in [0, 0.1) is 17.0 Å². The van der Waals surface area contributed by atoms with Crippen LogP contribution in [0.25, 0.3) is 5.82 Å². The average Bonchev–Trinajstić information content (AvgIpc) is 2.68. The average molecular weight is 283 g/mol. The van der Waals surface area contributed by atoms with E-state index < -0.39 is 16.6 Å². The summed E-state index contributed by atoms with van der Waals surface area (Å²) in [6.45, 7) is 1.64. The van der Waals surface area contributed by atoms with Crippen molar-refractivity contribution in [2.24, 2.45) is 0 Å². The fourth-order valence-electron chi connectivity index (χ4n) is 1.43. The highest BCUT2D eigenvalue weighted by Crippen LogP contribution is 2.21. The standard InChI is InChI=1S/C10H7ClN4O4/c1-5-8(11)4-14(13-5)9-7(10(16)17)2-6(3-12-9)15(18)19/h2-4H,1H3,(H,16,17). The van der Waals surface area contributed by atoms with E-state index in [0.717, 1.165) is 12.3 Å². The summed E-state index contributed by atoms with van der Waals surface area (Å²) in [5.74, 6) is -1.37. The van der Waals surface area contributed by atoms with Crippen LogP contribution >= 0.6 is 11.6 Å². The Labute approximate surface area is 111 Å². The Kier molecular flexibility index (Phi) is 3.17. The number of aromatic carboxylic acids is 1. The van der Waals surface area contributed by atoms with E-state index in [4.69, 9.17) is 16.7 Å². The van der Waals surface area contributed by atoms with E-state index in [0.29, 0.717) is 10.7 Å². The summed E-state index contributed by atoms with van der Waals surface area (Å²) in [4.78, 5) is 24.8. The third-order valence-corrected chi connectivity index (χ3v) is 2.72. The zero-order valence-corrected chi connectivity index (χ0v) is 10.3. The first kappa shape index (κ1) is 13.0. The fourth-order valence-corrected chi connectivity index (χ4v) is 1.56. The number of pyridine rings is 1. The van der Waals surface area contributed by atoms with Crippen molar-refractivity contribution in [2.45, 2.75) is 6.92 Å². The number of hydrogen-bond acceptors (Lipinski definition) is 5. The second kappa shape index (κ2) is 4.65. The van der Waals surface area contributed by atoms with E-state index in [1.165, 1.54) is 10.9 Å². The molecule has 19 heavy (non-hydrogen) atoms. The molecule has 2 rings (SSSR count). The topological polar surface area (TPSA) is 111 Å². The van der Waals surface area contributed by atoms with Crippen LogP contribution in [-0.4, -0.2) is 30.8 Å². The molecule has 2 heterocycles. The first-order valence-corrected chi connectivity index (χ1v) is 5.38. The molecule has 2 aromatic rings. The SMILES string of the molecule is Cc1nn(-c2ncc([N+](=O)[O-])cc2C(=O)O)cc1Cl. The second-order valence-corrected chi connectivity index (χ2v) is 4.04. The van der Waals surface area contributed by atoms with Crippen molar-refractivity contribution in [3.05, 3.63) is 44.9 Å². The highest BCUT2D eigenvalue weighted by Gasteiger charge is 2.19. The zero-order valence-electron chi connectivity index (χ0n) is 9.57. The molecule has 0 amide bonds. The number of nitrogens with zero attached hydrogens (tertiary/aromatic N) is 4. The number of aryl methyl sites for hydroxylation is 1. The molecule has 0 aliphatic carbocycles. The summed E-state index contributed by atoms with van der Waals surface area (Å²) >= 11 is 5.83. The minimum absolute atomic E-state index is 0.0342. The quantitative estimate of drug-likeness (QED) is 0.679. The van der Waals surface area contributed by atoms with E-state index in [1.807, 2.05) is 0 Å². The van der Waals surface area contributed by atoms with Crippen molar-refractivity contribution >= 4 is 23.3 Å². The number of aromatic nitrogens is 3. The molecule has 9 heteroatoms. The van der Waals surface area contributed by atoms with E-state index in [1.54, 1.807) is 6.92 Å². The van der Waals surface area contributed by atoms with Crippen LogP contribution < -0.4 is 0 Å². The molecule has 0 fully saturated rings. The molecule has 98 valence electrons. The maximum Gasteiger partial charge on any atom is 0.339 e. The fraction of sp³-hybridized carbons (Fsp3) is 0.100. The van der Waals surface area contributed by atoms with Gasteiger partial charge in [-0.15, -0.1) is 0 Å². The summed E-state index contributed by atoms with van der Waals surface area (Å²) in [7, 11) is 0. The van der Waals surface area contributed by atoms with Gasteiger partial charge in [0.25, 0.3) is 5.69 Å². The molecule has 0 saturated carbocycles. The van der Waals surface area contributed by atoms with Gasteiger partial charge in [0.2, 0.25) is 0 Å². The Morgan fingerprint density at radius 3 is 2.74 bits per heavy atom. The molecule has 0 bridgehead atoms. The van der Waals surface area contributed by atoms with Crippen molar-refractivity contribution in [3.63, 3.8) is 0 Å². The van der Waals surface area contributed by atoms with Crippen LogP contribution in [0.15, 0.2) is 18.5 Å². The molecule has 0 spiro atoms. The molecule has 0 saturated heterocycles. The number of carboxylic acid groups (broad SMARTS) is 1.